The van der Waals surface area contributed by atoms with Gasteiger partial charge >= 0.3 is 0 Å². The largest absolute Gasteiger partial charge is 0.393 e. The van der Waals surface area contributed by atoms with Crippen molar-refractivity contribution in [1.82, 2.24) is 0 Å². The molecule has 2 atom stereocenters. The Morgan fingerprint density at radius 1 is 1.08 bits per heavy atom. The Hall–Kier alpha value is -0.0400. The second-order valence-corrected chi connectivity index (χ2v) is 3.80. The molecule has 1 nitrogen and oxygen atoms in total. The van der Waals surface area contributed by atoms with Crippen LogP contribution in [0.15, 0.2) is 0 Å². The van der Waals surface area contributed by atoms with E-state index in [1.165, 1.54) is 25.7 Å². The lowest BCUT2D eigenvalue weighted by Crippen LogP contribution is -2.16. The van der Waals surface area contributed by atoms with Gasteiger partial charge in [-0.25, -0.2) is 0 Å². The monoisotopic (exact) mass is 172 g/mol. The minimum absolute atomic E-state index is 0.0631. The smallest absolute Gasteiger partial charge is 0.0565 e. The van der Waals surface area contributed by atoms with E-state index in [4.69, 9.17) is 0 Å². The summed E-state index contributed by atoms with van der Waals surface area (Å²) in [6.45, 7) is 6.48. The van der Waals surface area contributed by atoms with E-state index in [1.807, 2.05) is 0 Å². The minimum Gasteiger partial charge on any atom is -0.393 e. The highest BCUT2D eigenvalue weighted by Crippen LogP contribution is 2.14. The molecule has 0 rings (SSSR count). The molecule has 1 N–H and O–H groups in total. The fourth-order valence-corrected chi connectivity index (χ4v) is 1.34. The van der Waals surface area contributed by atoms with E-state index >= 15 is 0 Å². The maximum Gasteiger partial charge on any atom is 0.0565 e. The highest BCUT2D eigenvalue weighted by molar-refractivity contribution is 4.62. The maximum atomic E-state index is 9.62. The van der Waals surface area contributed by atoms with Gasteiger partial charge in [-0.05, 0) is 12.3 Å². The van der Waals surface area contributed by atoms with Crippen LogP contribution in [-0.2, 0) is 0 Å². The molecule has 0 heterocycles. The van der Waals surface area contributed by atoms with Gasteiger partial charge < -0.3 is 5.11 Å². The van der Waals surface area contributed by atoms with Gasteiger partial charge in [0.15, 0.2) is 0 Å². The summed E-state index contributed by atoms with van der Waals surface area (Å²) in [6, 6.07) is 0. The molecule has 1 heteroatoms. The molecule has 0 saturated heterocycles. The fraction of sp³-hybridized carbons (Fsp3) is 1.00. The van der Waals surface area contributed by atoms with Crippen LogP contribution in [0.25, 0.3) is 0 Å². The Balaban J connectivity index is 3.24. The van der Waals surface area contributed by atoms with Gasteiger partial charge in [-0.2, -0.15) is 0 Å². The molecule has 0 spiro atoms. The molecule has 0 aromatic rings. The van der Waals surface area contributed by atoms with Crippen molar-refractivity contribution in [3.05, 3.63) is 0 Å². The second-order valence-electron chi connectivity index (χ2n) is 3.80. The van der Waals surface area contributed by atoms with Gasteiger partial charge in [0.05, 0.1) is 6.10 Å². The second kappa shape index (κ2) is 7.60. The average Bonchev–Trinajstić information content (AvgIpc) is 2.10. The summed E-state index contributed by atoms with van der Waals surface area (Å²) in [7, 11) is 0. The van der Waals surface area contributed by atoms with Gasteiger partial charge in [0.2, 0.25) is 0 Å². The van der Waals surface area contributed by atoms with Crippen LogP contribution in [0.2, 0.25) is 0 Å². The summed E-state index contributed by atoms with van der Waals surface area (Å²) in [5, 5.41) is 9.62. The molecule has 0 aliphatic carbocycles. The zero-order chi connectivity index (χ0) is 9.40. The Bertz CT molecular complexity index is 91.0. The van der Waals surface area contributed by atoms with Gasteiger partial charge in [0.25, 0.3) is 0 Å². The Kier molecular flexibility index (Phi) is 7.58. The SMILES string of the molecule is CCCCCC[C@@H](O)[C@@H](C)CC. The van der Waals surface area contributed by atoms with Gasteiger partial charge in [0.1, 0.15) is 0 Å². The van der Waals surface area contributed by atoms with E-state index < -0.39 is 0 Å². The first-order valence-electron chi connectivity index (χ1n) is 5.40. The molecule has 0 aromatic carbocycles. The van der Waals surface area contributed by atoms with Crippen LogP contribution in [0.5, 0.6) is 0 Å². The van der Waals surface area contributed by atoms with Gasteiger partial charge in [-0.1, -0.05) is 52.9 Å². The quantitative estimate of drug-likeness (QED) is 0.584. The molecule has 0 amide bonds. The normalized spacial score (nSPS) is 16.0. The lowest BCUT2D eigenvalue weighted by atomic mass is 9.97. The summed E-state index contributed by atoms with van der Waals surface area (Å²) in [5.41, 5.74) is 0. The predicted molar refractivity (Wildman–Crippen MR) is 54.2 cm³/mol. The topological polar surface area (TPSA) is 20.2 Å². The van der Waals surface area contributed by atoms with Crippen LogP contribution in [0.4, 0.5) is 0 Å². The van der Waals surface area contributed by atoms with Crippen molar-refractivity contribution in [3.8, 4) is 0 Å². The zero-order valence-corrected chi connectivity index (χ0v) is 8.84. The lowest BCUT2D eigenvalue weighted by molar-refractivity contribution is 0.103. The summed E-state index contributed by atoms with van der Waals surface area (Å²) in [5.74, 6) is 0.478. The number of aliphatic hydroxyl groups excluding tert-OH is 1. The third kappa shape index (κ3) is 5.59. The van der Waals surface area contributed by atoms with Gasteiger partial charge in [-0.3, -0.25) is 0 Å². The third-order valence-corrected chi connectivity index (χ3v) is 2.65. The first-order valence-corrected chi connectivity index (χ1v) is 5.40. The van der Waals surface area contributed by atoms with E-state index in [-0.39, 0.29) is 6.10 Å². The van der Waals surface area contributed by atoms with Gasteiger partial charge in [-0.15, -0.1) is 0 Å². The molecular weight excluding hydrogens is 148 g/mol. The molecule has 0 saturated carbocycles. The number of hydrogen-bond acceptors (Lipinski definition) is 1. The Labute approximate surface area is 77.2 Å². The highest BCUT2D eigenvalue weighted by atomic mass is 16.3. The molecule has 0 aliphatic rings. The van der Waals surface area contributed by atoms with E-state index in [1.54, 1.807) is 0 Å². The molecule has 0 radical (unpaired) electrons. The number of rotatable bonds is 7. The third-order valence-electron chi connectivity index (χ3n) is 2.65. The first kappa shape index (κ1) is 12.0. The average molecular weight is 172 g/mol. The van der Waals surface area contributed by atoms with E-state index in [0.717, 1.165) is 12.8 Å². The van der Waals surface area contributed by atoms with Crippen molar-refractivity contribution in [1.29, 1.82) is 0 Å². The molecule has 12 heavy (non-hydrogen) atoms. The van der Waals surface area contributed by atoms with Crippen LogP contribution < -0.4 is 0 Å². The van der Waals surface area contributed by atoms with Crippen LogP contribution >= 0.6 is 0 Å². The van der Waals surface area contributed by atoms with Crippen LogP contribution in [0.3, 0.4) is 0 Å². The summed E-state index contributed by atoms with van der Waals surface area (Å²) < 4.78 is 0. The molecule has 74 valence electrons. The number of unbranched alkanes of at least 4 members (excludes halogenated alkanes) is 3. The van der Waals surface area contributed by atoms with Crippen molar-refractivity contribution in [3.63, 3.8) is 0 Å². The van der Waals surface area contributed by atoms with E-state index in [0.29, 0.717) is 5.92 Å². The minimum atomic E-state index is -0.0631. The summed E-state index contributed by atoms with van der Waals surface area (Å²) >= 11 is 0. The Morgan fingerprint density at radius 2 is 1.75 bits per heavy atom. The Morgan fingerprint density at radius 3 is 2.25 bits per heavy atom. The summed E-state index contributed by atoms with van der Waals surface area (Å²) in [6.07, 6.45) is 7.09. The van der Waals surface area contributed by atoms with E-state index in [9.17, 15) is 5.11 Å². The molecular formula is C11H24O. The number of hydrogen-bond donors (Lipinski definition) is 1. The fourth-order valence-electron chi connectivity index (χ4n) is 1.34. The van der Waals surface area contributed by atoms with Gasteiger partial charge in [0, 0.05) is 0 Å². The predicted octanol–water partition coefficient (Wildman–Crippen LogP) is 3.36. The van der Waals surface area contributed by atoms with Crippen LogP contribution in [0.1, 0.15) is 59.3 Å². The molecule has 0 aliphatic heterocycles. The van der Waals surface area contributed by atoms with Crippen LogP contribution in [0, 0.1) is 5.92 Å². The standard InChI is InChI=1S/C11H24O/c1-4-6-7-8-9-11(12)10(3)5-2/h10-12H,4-9H2,1-3H3/t10-,11+/m0/s1. The lowest BCUT2D eigenvalue weighted by Gasteiger charge is -2.16. The highest BCUT2D eigenvalue weighted by Gasteiger charge is 2.10. The van der Waals surface area contributed by atoms with Crippen LogP contribution in [-0.4, -0.2) is 11.2 Å². The zero-order valence-electron chi connectivity index (χ0n) is 8.84. The summed E-state index contributed by atoms with van der Waals surface area (Å²) in [4.78, 5) is 0. The first-order chi connectivity index (χ1) is 5.72. The van der Waals surface area contributed by atoms with Crippen molar-refractivity contribution in [2.75, 3.05) is 0 Å². The van der Waals surface area contributed by atoms with Crippen molar-refractivity contribution in [2.45, 2.75) is 65.4 Å². The van der Waals surface area contributed by atoms with E-state index in [2.05, 4.69) is 20.8 Å². The number of aliphatic hydroxyl groups is 1. The van der Waals surface area contributed by atoms with Crippen molar-refractivity contribution in [2.24, 2.45) is 5.92 Å². The van der Waals surface area contributed by atoms with Crippen molar-refractivity contribution >= 4 is 0 Å². The molecule has 0 unspecified atom stereocenters. The molecule has 0 fully saturated rings. The molecule has 0 aromatic heterocycles. The molecule has 0 bridgehead atoms. The van der Waals surface area contributed by atoms with Crippen molar-refractivity contribution < 1.29 is 5.11 Å². The maximum absolute atomic E-state index is 9.62.